The van der Waals surface area contributed by atoms with Crippen LogP contribution in [0.1, 0.15) is 23.7 Å². The third kappa shape index (κ3) is 3.57. The summed E-state index contributed by atoms with van der Waals surface area (Å²) in [5, 5.41) is 19.8. The quantitative estimate of drug-likeness (QED) is 0.446. The van der Waals surface area contributed by atoms with Crippen LogP contribution in [0.2, 0.25) is 0 Å². The average molecular weight is 382 g/mol. The van der Waals surface area contributed by atoms with Crippen molar-refractivity contribution < 1.29 is 29.3 Å². The van der Waals surface area contributed by atoms with Crippen molar-refractivity contribution in [3.63, 3.8) is 0 Å². The van der Waals surface area contributed by atoms with Crippen LogP contribution >= 0.6 is 0 Å². The van der Waals surface area contributed by atoms with Crippen LogP contribution in [0.5, 0.6) is 5.75 Å². The smallest absolute Gasteiger partial charge is 0.305 e. The Morgan fingerprint density at radius 1 is 1.14 bits per heavy atom. The first-order valence-corrected chi connectivity index (χ1v) is 8.49. The van der Waals surface area contributed by atoms with Gasteiger partial charge in [-0.3, -0.25) is 19.4 Å². The summed E-state index contributed by atoms with van der Waals surface area (Å²) in [5.74, 6) is -2.63. The predicted molar refractivity (Wildman–Crippen MR) is 98.5 cm³/mol. The summed E-state index contributed by atoms with van der Waals surface area (Å²) >= 11 is 0. The number of aliphatic carboxylic acids is 1. The molecule has 1 aromatic carbocycles. The van der Waals surface area contributed by atoms with Gasteiger partial charge in [-0.15, -0.1) is 0 Å². The Morgan fingerprint density at radius 2 is 1.86 bits per heavy atom. The van der Waals surface area contributed by atoms with Gasteiger partial charge in [-0.1, -0.05) is 6.07 Å². The van der Waals surface area contributed by atoms with Gasteiger partial charge in [0.15, 0.2) is 0 Å². The molecular formula is C20H18N2O6. The van der Waals surface area contributed by atoms with Crippen molar-refractivity contribution in [3.05, 3.63) is 65.5 Å². The van der Waals surface area contributed by atoms with E-state index in [1.807, 2.05) is 0 Å². The fourth-order valence-electron chi connectivity index (χ4n) is 3.08. The van der Waals surface area contributed by atoms with E-state index in [2.05, 4.69) is 4.98 Å². The monoisotopic (exact) mass is 382 g/mol. The number of hydrogen-bond acceptors (Lipinski definition) is 6. The molecule has 1 atom stereocenters. The largest absolute Gasteiger partial charge is 0.507 e. The summed E-state index contributed by atoms with van der Waals surface area (Å²) in [5.41, 5.74) is 0.569. The molecule has 0 unspecified atom stereocenters. The second kappa shape index (κ2) is 7.91. The first-order valence-electron chi connectivity index (χ1n) is 8.49. The molecular weight excluding hydrogens is 364 g/mol. The molecule has 3 rings (SSSR count). The van der Waals surface area contributed by atoms with Crippen LogP contribution in [0.25, 0.3) is 5.76 Å². The first-order chi connectivity index (χ1) is 13.4. The Kier molecular flexibility index (Phi) is 5.39. The van der Waals surface area contributed by atoms with E-state index in [4.69, 9.17) is 9.84 Å². The highest BCUT2D eigenvalue weighted by atomic mass is 16.5. The van der Waals surface area contributed by atoms with Crippen molar-refractivity contribution in [2.45, 2.75) is 12.5 Å². The molecule has 28 heavy (non-hydrogen) atoms. The van der Waals surface area contributed by atoms with Gasteiger partial charge in [-0.25, -0.2) is 0 Å². The number of aromatic nitrogens is 1. The number of aliphatic hydroxyl groups excluding tert-OH is 1. The number of benzene rings is 1. The molecule has 0 aliphatic carbocycles. The van der Waals surface area contributed by atoms with Gasteiger partial charge in [-0.05, 0) is 36.4 Å². The number of methoxy groups -OCH3 is 1. The summed E-state index contributed by atoms with van der Waals surface area (Å²) < 4.78 is 5.08. The van der Waals surface area contributed by atoms with Crippen LogP contribution in [0.4, 0.5) is 0 Å². The standard InChI is InChI=1S/C20H18N2O6/c1-28-13-7-5-12(6-8-13)18(25)16-17(14-4-2-3-10-21-14)22(11-9-15(23)24)20(27)19(16)26/h2-8,10,17,25H,9,11H2,1H3,(H,23,24)/t17-/m1/s1. The van der Waals surface area contributed by atoms with Crippen molar-refractivity contribution >= 4 is 23.4 Å². The number of ketones is 1. The van der Waals surface area contributed by atoms with Crippen molar-refractivity contribution in [1.82, 2.24) is 9.88 Å². The minimum Gasteiger partial charge on any atom is -0.507 e. The number of carbonyl (C=O) groups is 3. The molecule has 8 heteroatoms. The SMILES string of the molecule is COc1ccc(C(O)=C2C(=O)C(=O)N(CCC(=O)O)[C@@H]2c2ccccn2)cc1. The van der Waals surface area contributed by atoms with Gasteiger partial charge in [0.2, 0.25) is 0 Å². The van der Waals surface area contributed by atoms with Gasteiger partial charge in [0.1, 0.15) is 17.6 Å². The number of hydrogen-bond donors (Lipinski definition) is 2. The third-order valence-electron chi connectivity index (χ3n) is 4.44. The molecule has 8 nitrogen and oxygen atoms in total. The van der Waals surface area contributed by atoms with Gasteiger partial charge in [0, 0.05) is 18.3 Å². The zero-order valence-electron chi connectivity index (χ0n) is 15.0. The van der Waals surface area contributed by atoms with Gasteiger partial charge < -0.3 is 19.8 Å². The molecule has 2 heterocycles. The molecule has 0 spiro atoms. The van der Waals surface area contributed by atoms with E-state index in [-0.39, 0.29) is 24.3 Å². The summed E-state index contributed by atoms with van der Waals surface area (Å²) in [4.78, 5) is 41.5. The van der Waals surface area contributed by atoms with Gasteiger partial charge >= 0.3 is 5.97 Å². The summed E-state index contributed by atoms with van der Waals surface area (Å²) in [7, 11) is 1.50. The second-order valence-electron chi connectivity index (χ2n) is 6.12. The van der Waals surface area contributed by atoms with Crippen LogP contribution in [-0.4, -0.2) is 51.4 Å². The number of carboxylic acid groups (broad SMARTS) is 1. The summed E-state index contributed by atoms with van der Waals surface area (Å²) in [6, 6.07) is 10.4. The molecule has 1 fully saturated rings. The summed E-state index contributed by atoms with van der Waals surface area (Å²) in [6.45, 7) is -0.180. The third-order valence-corrected chi connectivity index (χ3v) is 4.44. The highest BCUT2D eigenvalue weighted by molar-refractivity contribution is 6.46. The topological polar surface area (TPSA) is 117 Å². The Hall–Kier alpha value is -3.68. The fourth-order valence-corrected chi connectivity index (χ4v) is 3.08. The number of pyridine rings is 1. The predicted octanol–water partition coefficient (Wildman–Crippen LogP) is 1.99. The molecule has 1 saturated heterocycles. The lowest BCUT2D eigenvalue weighted by Gasteiger charge is -2.23. The molecule has 2 N–H and O–H groups in total. The number of rotatable bonds is 6. The van der Waals surface area contributed by atoms with Crippen LogP contribution < -0.4 is 4.74 Å². The van der Waals surface area contributed by atoms with Crippen molar-refractivity contribution in [2.75, 3.05) is 13.7 Å². The zero-order chi connectivity index (χ0) is 20.3. The number of carboxylic acids is 1. The van der Waals surface area contributed by atoms with Crippen molar-refractivity contribution in [3.8, 4) is 5.75 Å². The number of Topliss-reactive ketones (excluding diaryl/α,β-unsaturated/α-hetero) is 1. The van der Waals surface area contributed by atoms with Crippen molar-refractivity contribution in [2.24, 2.45) is 0 Å². The first kappa shape index (κ1) is 19.1. The molecule has 0 radical (unpaired) electrons. The fraction of sp³-hybridized carbons (Fsp3) is 0.200. The molecule has 0 bridgehead atoms. The molecule has 144 valence electrons. The highest BCUT2D eigenvalue weighted by Crippen LogP contribution is 2.38. The molecule has 2 aromatic rings. The Balaban J connectivity index is 2.11. The minimum absolute atomic E-state index is 0.126. The summed E-state index contributed by atoms with van der Waals surface area (Å²) in [6.07, 6.45) is 1.17. The lowest BCUT2D eigenvalue weighted by molar-refractivity contribution is -0.142. The molecule has 0 saturated carbocycles. The van der Waals surface area contributed by atoms with Gasteiger partial charge in [0.25, 0.3) is 11.7 Å². The van der Waals surface area contributed by atoms with E-state index < -0.39 is 23.7 Å². The molecule has 1 aromatic heterocycles. The Labute approximate surface area is 160 Å². The minimum atomic E-state index is -1.10. The van der Waals surface area contributed by atoms with E-state index in [0.29, 0.717) is 17.0 Å². The number of likely N-dealkylation sites (tertiary alicyclic amines) is 1. The van der Waals surface area contributed by atoms with Crippen molar-refractivity contribution in [1.29, 1.82) is 0 Å². The van der Waals surface area contributed by atoms with E-state index in [9.17, 15) is 19.5 Å². The van der Waals surface area contributed by atoms with Crippen LogP contribution in [0.3, 0.4) is 0 Å². The Morgan fingerprint density at radius 3 is 2.43 bits per heavy atom. The number of amides is 1. The van der Waals surface area contributed by atoms with Gasteiger partial charge in [0.05, 0.1) is 24.8 Å². The van der Waals surface area contributed by atoms with Crippen LogP contribution in [0.15, 0.2) is 54.2 Å². The maximum atomic E-state index is 12.7. The molecule has 1 amide bonds. The van der Waals surface area contributed by atoms with E-state index in [1.165, 1.54) is 13.3 Å². The maximum absolute atomic E-state index is 12.7. The number of nitrogens with zero attached hydrogens (tertiary/aromatic N) is 2. The average Bonchev–Trinajstić information content (AvgIpc) is 2.97. The number of aliphatic hydroxyl groups is 1. The van der Waals surface area contributed by atoms with E-state index >= 15 is 0 Å². The number of ether oxygens (including phenoxy) is 1. The maximum Gasteiger partial charge on any atom is 0.305 e. The Bertz CT molecular complexity index is 937. The van der Waals surface area contributed by atoms with E-state index in [1.54, 1.807) is 42.5 Å². The van der Waals surface area contributed by atoms with Crippen LogP contribution in [0, 0.1) is 0 Å². The van der Waals surface area contributed by atoms with E-state index in [0.717, 1.165) is 4.90 Å². The lowest BCUT2D eigenvalue weighted by atomic mass is 9.98. The second-order valence-corrected chi connectivity index (χ2v) is 6.12. The lowest BCUT2D eigenvalue weighted by Crippen LogP contribution is -2.32. The highest BCUT2D eigenvalue weighted by Gasteiger charge is 2.46. The number of carbonyl (C=O) groups excluding carboxylic acids is 2. The molecule has 1 aliphatic rings. The zero-order valence-corrected chi connectivity index (χ0v) is 15.0. The molecule has 1 aliphatic heterocycles. The van der Waals surface area contributed by atoms with Crippen LogP contribution in [-0.2, 0) is 14.4 Å². The van der Waals surface area contributed by atoms with Gasteiger partial charge in [-0.2, -0.15) is 0 Å². The normalized spacial score (nSPS) is 18.3.